The fourth-order valence-corrected chi connectivity index (χ4v) is 4.25. The van der Waals surface area contributed by atoms with Crippen LogP contribution in [0.4, 0.5) is 0 Å². The molecule has 5 nitrogen and oxygen atoms in total. The van der Waals surface area contributed by atoms with E-state index in [0.29, 0.717) is 6.61 Å². The highest BCUT2D eigenvalue weighted by atomic mass is 32.2. The molecule has 2 atom stereocenters. The zero-order valence-electron chi connectivity index (χ0n) is 8.76. The van der Waals surface area contributed by atoms with Crippen molar-refractivity contribution in [3.8, 4) is 0 Å². The number of hydrogen-bond acceptors (Lipinski definition) is 5. The Hall–Kier alpha value is -0.170. The minimum Gasteiger partial charge on any atom is -0.380 e. The van der Waals surface area contributed by atoms with E-state index < -0.39 is 9.84 Å². The first-order valence-electron chi connectivity index (χ1n) is 5.36. The van der Waals surface area contributed by atoms with Crippen LogP contribution in [0.25, 0.3) is 0 Å². The van der Waals surface area contributed by atoms with Crippen molar-refractivity contribution in [1.29, 1.82) is 0 Å². The molecule has 6 heteroatoms. The smallest absolute Gasteiger partial charge is 0.153 e. The van der Waals surface area contributed by atoms with Gasteiger partial charge in [0.1, 0.15) is 0 Å². The van der Waals surface area contributed by atoms with Crippen LogP contribution in [0, 0.1) is 0 Å². The Morgan fingerprint density at radius 1 is 1.20 bits per heavy atom. The molecule has 2 unspecified atom stereocenters. The minimum atomic E-state index is -2.91. The maximum Gasteiger partial charge on any atom is 0.153 e. The Bertz CT molecular complexity index is 309. The summed E-state index contributed by atoms with van der Waals surface area (Å²) >= 11 is 0. The van der Waals surface area contributed by atoms with Gasteiger partial charge in [0, 0.05) is 31.8 Å². The molecule has 15 heavy (non-hydrogen) atoms. The van der Waals surface area contributed by atoms with Crippen molar-refractivity contribution >= 4 is 9.84 Å². The molecule has 0 aromatic carbocycles. The first-order valence-corrected chi connectivity index (χ1v) is 7.18. The average Bonchev–Trinajstić information content (AvgIpc) is 2.41. The van der Waals surface area contributed by atoms with E-state index in [1.807, 2.05) is 0 Å². The van der Waals surface area contributed by atoms with Crippen molar-refractivity contribution in [3.05, 3.63) is 0 Å². The lowest BCUT2D eigenvalue weighted by atomic mass is 10.1. The van der Waals surface area contributed by atoms with Crippen molar-refractivity contribution in [3.63, 3.8) is 0 Å². The second kappa shape index (κ2) is 4.37. The van der Waals surface area contributed by atoms with Gasteiger partial charge < -0.3 is 10.5 Å². The Morgan fingerprint density at radius 2 is 2.00 bits per heavy atom. The lowest BCUT2D eigenvalue weighted by Crippen LogP contribution is -2.47. The predicted octanol–water partition coefficient (Wildman–Crippen LogP) is -1.17. The third-order valence-electron chi connectivity index (χ3n) is 3.09. The highest BCUT2D eigenvalue weighted by Gasteiger charge is 2.38. The van der Waals surface area contributed by atoms with Crippen LogP contribution in [0.5, 0.6) is 0 Å². The average molecular weight is 234 g/mol. The van der Waals surface area contributed by atoms with Crippen molar-refractivity contribution in [1.82, 2.24) is 4.90 Å². The first kappa shape index (κ1) is 11.3. The molecule has 0 radical (unpaired) electrons. The normalized spacial score (nSPS) is 37.7. The van der Waals surface area contributed by atoms with E-state index in [2.05, 4.69) is 4.90 Å². The van der Waals surface area contributed by atoms with E-state index in [1.165, 1.54) is 0 Å². The highest BCUT2D eigenvalue weighted by Crippen LogP contribution is 2.18. The maximum absolute atomic E-state index is 11.4. The van der Waals surface area contributed by atoms with Crippen LogP contribution < -0.4 is 5.73 Å². The molecule has 0 amide bonds. The molecule has 0 aromatic heterocycles. The molecule has 2 heterocycles. The number of sulfone groups is 1. The summed E-state index contributed by atoms with van der Waals surface area (Å²) in [5.41, 5.74) is 5.87. The van der Waals surface area contributed by atoms with Crippen LogP contribution in [-0.4, -0.2) is 63.2 Å². The quantitative estimate of drug-likeness (QED) is 0.619. The van der Waals surface area contributed by atoms with Gasteiger partial charge in [-0.1, -0.05) is 0 Å². The lowest BCUT2D eigenvalue weighted by Gasteiger charge is -2.28. The summed E-state index contributed by atoms with van der Waals surface area (Å²) in [6.07, 6.45) is 0.962. The fourth-order valence-electron chi connectivity index (χ4n) is 2.33. The van der Waals surface area contributed by atoms with Crippen molar-refractivity contribution in [2.75, 3.05) is 37.8 Å². The van der Waals surface area contributed by atoms with Gasteiger partial charge in [-0.25, -0.2) is 8.42 Å². The monoisotopic (exact) mass is 234 g/mol. The lowest BCUT2D eigenvalue weighted by molar-refractivity contribution is 0.132. The molecule has 2 rings (SSSR count). The van der Waals surface area contributed by atoms with Gasteiger partial charge in [-0.2, -0.15) is 0 Å². The van der Waals surface area contributed by atoms with Crippen molar-refractivity contribution in [2.24, 2.45) is 5.73 Å². The van der Waals surface area contributed by atoms with Crippen LogP contribution in [0.1, 0.15) is 6.42 Å². The number of ether oxygens (including phenoxy) is 1. The van der Waals surface area contributed by atoms with Gasteiger partial charge in [-0.05, 0) is 6.42 Å². The fraction of sp³-hybridized carbons (Fsp3) is 1.00. The molecule has 2 saturated heterocycles. The summed E-state index contributed by atoms with van der Waals surface area (Å²) in [5, 5.41) is 0. The van der Waals surface area contributed by atoms with E-state index in [0.717, 1.165) is 26.1 Å². The van der Waals surface area contributed by atoms with E-state index in [9.17, 15) is 8.42 Å². The van der Waals surface area contributed by atoms with Crippen LogP contribution in [0.2, 0.25) is 0 Å². The van der Waals surface area contributed by atoms with E-state index in [4.69, 9.17) is 10.5 Å². The molecule has 2 aliphatic rings. The Labute approximate surface area is 90.5 Å². The SMILES string of the molecule is NC1CS(=O)(=O)CC1N1CCCOCC1. The second-order valence-corrected chi connectivity index (χ2v) is 6.46. The van der Waals surface area contributed by atoms with E-state index >= 15 is 0 Å². The van der Waals surface area contributed by atoms with E-state index in [-0.39, 0.29) is 23.6 Å². The molecule has 0 aliphatic carbocycles. The molecule has 88 valence electrons. The molecule has 0 spiro atoms. The van der Waals surface area contributed by atoms with Crippen LogP contribution in [0.15, 0.2) is 0 Å². The van der Waals surface area contributed by atoms with Crippen LogP contribution in [-0.2, 0) is 14.6 Å². The Morgan fingerprint density at radius 3 is 2.67 bits per heavy atom. The zero-order chi connectivity index (χ0) is 10.9. The Kier molecular flexibility index (Phi) is 3.30. The zero-order valence-corrected chi connectivity index (χ0v) is 9.58. The van der Waals surface area contributed by atoms with Crippen molar-refractivity contribution < 1.29 is 13.2 Å². The molecule has 2 aliphatic heterocycles. The molecular weight excluding hydrogens is 216 g/mol. The van der Waals surface area contributed by atoms with Gasteiger partial charge in [-0.15, -0.1) is 0 Å². The van der Waals surface area contributed by atoms with Gasteiger partial charge in [-0.3, -0.25) is 4.90 Å². The molecule has 2 fully saturated rings. The van der Waals surface area contributed by atoms with Gasteiger partial charge in [0.05, 0.1) is 18.1 Å². The summed E-state index contributed by atoms with van der Waals surface area (Å²) in [5.74, 6) is 0.350. The topological polar surface area (TPSA) is 72.6 Å². The molecule has 0 bridgehead atoms. The minimum absolute atomic E-state index is 0.00306. The number of nitrogens with two attached hydrogens (primary N) is 1. The molecule has 0 saturated carbocycles. The third kappa shape index (κ3) is 2.69. The number of hydrogen-bond donors (Lipinski definition) is 1. The van der Waals surface area contributed by atoms with Crippen LogP contribution >= 0.6 is 0 Å². The largest absolute Gasteiger partial charge is 0.380 e. The summed E-state index contributed by atoms with van der Waals surface area (Å²) in [6, 6.07) is -0.232. The molecule has 0 aromatic rings. The molecular formula is C9H18N2O3S. The third-order valence-corrected chi connectivity index (χ3v) is 4.83. The summed E-state index contributed by atoms with van der Waals surface area (Å²) in [4.78, 5) is 2.17. The van der Waals surface area contributed by atoms with Crippen LogP contribution in [0.3, 0.4) is 0 Å². The summed E-state index contributed by atoms with van der Waals surface area (Å²) in [7, 11) is -2.91. The van der Waals surface area contributed by atoms with Gasteiger partial charge in [0.15, 0.2) is 9.84 Å². The molecule has 2 N–H and O–H groups in total. The van der Waals surface area contributed by atoms with E-state index in [1.54, 1.807) is 0 Å². The van der Waals surface area contributed by atoms with Gasteiger partial charge >= 0.3 is 0 Å². The number of nitrogens with zero attached hydrogens (tertiary/aromatic N) is 1. The first-order chi connectivity index (χ1) is 7.08. The van der Waals surface area contributed by atoms with Crippen molar-refractivity contribution in [2.45, 2.75) is 18.5 Å². The summed E-state index contributed by atoms with van der Waals surface area (Å²) in [6.45, 7) is 3.15. The van der Waals surface area contributed by atoms with Gasteiger partial charge in [0.2, 0.25) is 0 Å². The van der Waals surface area contributed by atoms with Gasteiger partial charge in [0.25, 0.3) is 0 Å². The predicted molar refractivity (Wildman–Crippen MR) is 57.4 cm³/mol. The maximum atomic E-state index is 11.4. The second-order valence-electron chi connectivity index (χ2n) is 4.31. The summed E-state index contributed by atoms with van der Waals surface area (Å²) < 4.78 is 28.2. The number of rotatable bonds is 1. The highest BCUT2D eigenvalue weighted by molar-refractivity contribution is 7.91. The Balaban J connectivity index is 2.03. The standard InChI is InChI=1S/C9H18N2O3S/c10-8-6-15(12,13)7-9(8)11-2-1-4-14-5-3-11/h8-9H,1-7,10H2.